The van der Waals surface area contributed by atoms with Gasteiger partial charge in [0.25, 0.3) is 0 Å². The third-order valence-corrected chi connectivity index (χ3v) is 2.87. The zero-order valence-corrected chi connectivity index (χ0v) is 10.7. The third kappa shape index (κ3) is 4.49. The summed E-state index contributed by atoms with van der Waals surface area (Å²) in [7, 11) is 1.70. The molecule has 4 nitrogen and oxygen atoms in total. The van der Waals surface area contributed by atoms with Gasteiger partial charge in [-0.2, -0.15) is 0 Å². The minimum Gasteiger partial charge on any atom is -0.385 e. The van der Waals surface area contributed by atoms with Gasteiger partial charge in [0, 0.05) is 46.3 Å². The van der Waals surface area contributed by atoms with Gasteiger partial charge in [0.05, 0.1) is 0 Å². The van der Waals surface area contributed by atoms with Crippen molar-refractivity contribution in [3.63, 3.8) is 0 Å². The Balaban J connectivity index is 2.50. The van der Waals surface area contributed by atoms with E-state index in [1.807, 2.05) is 4.90 Å². The molecule has 1 rings (SSSR count). The van der Waals surface area contributed by atoms with Crippen molar-refractivity contribution in [3.8, 4) is 0 Å². The first kappa shape index (κ1) is 13.5. The van der Waals surface area contributed by atoms with Crippen LogP contribution in [0.15, 0.2) is 0 Å². The quantitative estimate of drug-likeness (QED) is 0.726. The van der Waals surface area contributed by atoms with Crippen LogP contribution in [0.5, 0.6) is 0 Å². The Hall–Kier alpha value is -0.610. The summed E-state index contributed by atoms with van der Waals surface area (Å²) in [5, 5.41) is 3.32. The van der Waals surface area contributed by atoms with E-state index in [2.05, 4.69) is 19.2 Å². The molecule has 1 fully saturated rings. The molecular formula is C12H24N2O2. The van der Waals surface area contributed by atoms with Crippen molar-refractivity contribution in [2.45, 2.75) is 26.7 Å². The van der Waals surface area contributed by atoms with E-state index < -0.39 is 0 Å². The van der Waals surface area contributed by atoms with Crippen molar-refractivity contribution >= 4 is 5.91 Å². The molecule has 0 bridgehead atoms. The maximum Gasteiger partial charge on any atom is 0.223 e. The molecule has 1 saturated heterocycles. The molecular weight excluding hydrogens is 204 g/mol. The molecule has 0 saturated carbocycles. The molecule has 0 atom stereocenters. The monoisotopic (exact) mass is 228 g/mol. The van der Waals surface area contributed by atoms with E-state index >= 15 is 0 Å². The molecule has 16 heavy (non-hydrogen) atoms. The first-order valence-corrected chi connectivity index (χ1v) is 6.02. The fourth-order valence-electron chi connectivity index (χ4n) is 2.04. The number of carbonyl (C=O) groups excluding carboxylic acids is 1. The standard InChI is InChI=1S/C12H24N2O2/c1-12(2)9-13-6-5-11(15)14(10-12)7-4-8-16-3/h13H,4-10H2,1-3H3. The van der Waals surface area contributed by atoms with Crippen LogP contribution >= 0.6 is 0 Å². The zero-order chi connectivity index (χ0) is 12.0. The van der Waals surface area contributed by atoms with Crippen molar-refractivity contribution in [1.82, 2.24) is 10.2 Å². The van der Waals surface area contributed by atoms with Crippen LogP contribution in [0.4, 0.5) is 0 Å². The second-order valence-electron chi connectivity index (χ2n) is 5.25. The lowest BCUT2D eigenvalue weighted by molar-refractivity contribution is -0.133. The highest BCUT2D eigenvalue weighted by Crippen LogP contribution is 2.18. The van der Waals surface area contributed by atoms with Gasteiger partial charge in [-0.05, 0) is 11.8 Å². The first-order valence-electron chi connectivity index (χ1n) is 6.02. The average Bonchev–Trinajstić information content (AvgIpc) is 2.21. The van der Waals surface area contributed by atoms with Crippen LogP contribution in [0.25, 0.3) is 0 Å². The molecule has 0 spiro atoms. The third-order valence-electron chi connectivity index (χ3n) is 2.87. The molecule has 4 heteroatoms. The number of nitrogens with zero attached hydrogens (tertiary/aromatic N) is 1. The van der Waals surface area contributed by atoms with Crippen molar-refractivity contribution in [1.29, 1.82) is 0 Å². The van der Waals surface area contributed by atoms with Gasteiger partial charge >= 0.3 is 0 Å². The van der Waals surface area contributed by atoms with Crippen molar-refractivity contribution in [3.05, 3.63) is 0 Å². The fourth-order valence-corrected chi connectivity index (χ4v) is 2.04. The van der Waals surface area contributed by atoms with Crippen LogP contribution in [0.1, 0.15) is 26.7 Å². The van der Waals surface area contributed by atoms with Crippen LogP contribution in [0, 0.1) is 5.41 Å². The van der Waals surface area contributed by atoms with Gasteiger partial charge < -0.3 is 15.0 Å². The Kier molecular flexibility index (Phi) is 5.22. The Morgan fingerprint density at radius 3 is 2.94 bits per heavy atom. The smallest absolute Gasteiger partial charge is 0.223 e. The molecule has 1 aliphatic rings. The Labute approximate surface area is 98.3 Å². The van der Waals surface area contributed by atoms with Crippen LogP contribution in [-0.4, -0.2) is 50.7 Å². The average molecular weight is 228 g/mol. The maximum absolute atomic E-state index is 11.9. The number of nitrogens with one attached hydrogen (secondary N) is 1. The predicted octanol–water partition coefficient (Wildman–Crippen LogP) is 0.871. The highest BCUT2D eigenvalue weighted by atomic mass is 16.5. The van der Waals surface area contributed by atoms with Crippen LogP contribution in [-0.2, 0) is 9.53 Å². The van der Waals surface area contributed by atoms with Crippen molar-refractivity contribution in [2.24, 2.45) is 5.41 Å². The summed E-state index contributed by atoms with van der Waals surface area (Å²) in [4.78, 5) is 13.9. The van der Waals surface area contributed by atoms with Gasteiger partial charge in [-0.1, -0.05) is 13.8 Å². The molecule has 0 aromatic rings. The zero-order valence-electron chi connectivity index (χ0n) is 10.7. The molecule has 0 aliphatic carbocycles. The Morgan fingerprint density at radius 1 is 1.50 bits per heavy atom. The van der Waals surface area contributed by atoms with Crippen molar-refractivity contribution in [2.75, 3.05) is 39.9 Å². The SMILES string of the molecule is COCCCN1CC(C)(C)CNCCC1=O. The lowest BCUT2D eigenvalue weighted by atomic mass is 9.91. The molecule has 1 heterocycles. The van der Waals surface area contributed by atoms with E-state index in [-0.39, 0.29) is 11.3 Å². The van der Waals surface area contributed by atoms with E-state index in [4.69, 9.17) is 4.74 Å². The molecule has 94 valence electrons. The normalized spacial score (nSPS) is 21.7. The maximum atomic E-state index is 11.9. The summed E-state index contributed by atoms with van der Waals surface area (Å²) in [6.07, 6.45) is 1.54. The lowest BCUT2D eigenvalue weighted by Gasteiger charge is -2.35. The molecule has 1 N–H and O–H groups in total. The van der Waals surface area contributed by atoms with E-state index in [1.54, 1.807) is 7.11 Å². The lowest BCUT2D eigenvalue weighted by Crippen LogP contribution is -2.47. The Bertz CT molecular complexity index is 229. The van der Waals surface area contributed by atoms with Gasteiger partial charge in [-0.25, -0.2) is 0 Å². The number of ether oxygens (including phenoxy) is 1. The molecule has 1 aliphatic heterocycles. The highest BCUT2D eigenvalue weighted by molar-refractivity contribution is 5.76. The summed E-state index contributed by atoms with van der Waals surface area (Å²) >= 11 is 0. The molecule has 0 aromatic heterocycles. The summed E-state index contributed by atoms with van der Waals surface area (Å²) in [5.74, 6) is 0.261. The minimum absolute atomic E-state index is 0.156. The highest BCUT2D eigenvalue weighted by Gasteiger charge is 2.26. The Morgan fingerprint density at radius 2 is 2.25 bits per heavy atom. The van der Waals surface area contributed by atoms with E-state index in [9.17, 15) is 4.79 Å². The number of carbonyl (C=O) groups is 1. The van der Waals surface area contributed by atoms with Gasteiger partial charge in [0.15, 0.2) is 0 Å². The number of rotatable bonds is 4. The molecule has 1 amide bonds. The van der Waals surface area contributed by atoms with E-state index in [0.29, 0.717) is 6.42 Å². The van der Waals surface area contributed by atoms with Gasteiger partial charge in [0.2, 0.25) is 5.91 Å². The second kappa shape index (κ2) is 6.21. The van der Waals surface area contributed by atoms with Gasteiger partial charge in [-0.15, -0.1) is 0 Å². The molecule has 0 radical (unpaired) electrons. The predicted molar refractivity (Wildman–Crippen MR) is 64.3 cm³/mol. The first-order chi connectivity index (χ1) is 7.55. The summed E-state index contributed by atoms with van der Waals surface area (Å²) in [6, 6.07) is 0. The van der Waals surface area contributed by atoms with Crippen LogP contribution in [0.2, 0.25) is 0 Å². The minimum atomic E-state index is 0.156. The van der Waals surface area contributed by atoms with E-state index in [1.165, 1.54) is 0 Å². The number of amides is 1. The van der Waals surface area contributed by atoms with Gasteiger partial charge in [-0.3, -0.25) is 4.79 Å². The molecule has 0 aromatic carbocycles. The van der Waals surface area contributed by atoms with Crippen molar-refractivity contribution < 1.29 is 9.53 Å². The van der Waals surface area contributed by atoms with Crippen LogP contribution in [0.3, 0.4) is 0 Å². The topological polar surface area (TPSA) is 41.6 Å². The summed E-state index contributed by atoms with van der Waals surface area (Å²) in [5.41, 5.74) is 0.156. The van der Waals surface area contributed by atoms with Gasteiger partial charge in [0.1, 0.15) is 0 Å². The summed E-state index contributed by atoms with van der Waals surface area (Å²) in [6.45, 7) is 8.54. The number of methoxy groups -OCH3 is 1. The fraction of sp³-hybridized carbons (Fsp3) is 0.917. The largest absolute Gasteiger partial charge is 0.385 e. The summed E-state index contributed by atoms with van der Waals surface area (Å²) < 4.78 is 5.03. The second-order valence-corrected chi connectivity index (χ2v) is 5.25. The van der Waals surface area contributed by atoms with Crippen LogP contribution < -0.4 is 5.32 Å². The molecule has 0 unspecified atom stereocenters. The number of hydrogen-bond donors (Lipinski definition) is 1. The number of hydrogen-bond acceptors (Lipinski definition) is 3. The van der Waals surface area contributed by atoms with E-state index in [0.717, 1.165) is 39.2 Å².